The molecule has 0 saturated carbocycles. The summed E-state index contributed by atoms with van der Waals surface area (Å²) in [6, 6.07) is 10.5. The summed E-state index contributed by atoms with van der Waals surface area (Å²) < 4.78 is 0. The van der Waals surface area contributed by atoms with E-state index in [4.69, 9.17) is 4.84 Å². The van der Waals surface area contributed by atoms with E-state index < -0.39 is 0 Å². The van der Waals surface area contributed by atoms with Gasteiger partial charge in [0.1, 0.15) is 0 Å². The molecule has 1 aromatic rings. The minimum Gasteiger partial charge on any atom is -0.342 e. The van der Waals surface area contributed by atoms with Crippen LogP contribution in [0.15, 0.2) is 30.3 Å². The van der Waals surface area contributed by atoms with E-state index >= 15 is 0 Å². The van der Waals surface area contributed by atoms with Gasteiger partial charge in [0.05, 0.1) is 6.61 Å². The Morgan fingerprint density at radius 2 is 1.66 bits per heavy atom. The number of carbonyl (C=O) groups is 2. The molecule has 0 radical (unpaired) electrons. The molecule has 1 atom stereocenters. The molecule has 3 fully saturated rings. The standard InChI is InChI=1S/C25H38N4O3/c30-24(27-17-15-26(16-18-27)20-22-6-2-1-3-7-22)10-9-23-8-4-12-28(21-23)25(31)11-14-29-13-5-19-32-29/h1-3,6-7,23H,4-5,8-21H2/t23-/m1/s1. The average molecular weight is 443 g/mol. The topological polar surface area (TPSA) is 56.3 Å². The molecule has 1 aromatic carbocycles. The molecule has 7 nitrogen and oxygen atoms in total. The molecular weight excluding hydrogens is 404 g/mol. The second kappa shape index (κ2) is 11.8. The number of nitrogens with zero attached hydrogens (tertiary/aromatic N) is 4. The Kier molecular flexibility index (Phi) is 8.54. The van der Waals surface area contributed by atoms with Crippen LogP contribution in [0, 0.1) is 5.92 Å². The zero-order valence-corrected chi connectivity index (χ0v) is 19.3. The molecule has 3 aliphatic heterocycles. The number of rotatable bonds is 8. The monoisotopic (exact) mass is 442 g/mol. The Balaban J connectivity index is 1.13. The highest BCUT2D eigenvalue weighted by Gasteiger charge is 2.26. The number of hydrogen-bond acceptors (Lipinski definition) is 5. The van der Waals surface area contributed by atoms with Crippen LogP contribution in [0.2, 0.25) is 0 Å². The number of carbonyl (C=O) groups excluding carboxylic acids is 2. The molecule has 0 unspecified atom stereocenters. The minimum absolute atomic E-state index is 0.228. The fourth-order valence-corrected chi connectivity index (χ4v) is 5.06. The molecule has 3 heterocycles. The first-order valence-electron chi connectivity index (χ1n) is 12.4. The molecule has 0 bridgehead atoms. The molecule has 7 heteroatoms. The maximum absolute atomic E-state index is 12.8. The lowest BCUT2D eigenvalue weighted by molar-refractivity contribution is -0.140. The summed E-state index contributed by atoms with van der Waals surface area (Å²) in [5, 5.41) is 1.91. The van der Waals surface area contributed by atoms with Crippen molar-refractivity contribution >= 4 is 11.8 Å². The van der Waals surface area contributed by atoms with E-state index in [2.05, 4.69) is 29.2 Å². The van der Waals surface area contributed by atoms with Gasteiger partial charge in [0.25, 0.3) is 0 Å². The van der Waals surface area contributed by atoms with Crippen molar-refractivity contribution < 1.29 is 14.4 Å². The predicted octanol–water partition coefficient (Wildman–Crippen LogP) is 2.38. The molecule has 3 aliphatic rings. The van der Waals surface area contributed by atoms with Crippen LogP contribution < -0.4 is 0 Å². The number of amides is 2. The highest BCUT2D eigenvalue weighted by atomic mass is 16.7. The predicted molar refractivity (Wildman–Crippen MR) is 124 cm³/mol. The quantitative estimate of drug-likeness (QED) is 0.619. The van der Waals surface area contributed by atoms with Gasteiger partial charge in [-0.25, -0.2) is 0 Å². The van der Waals surface area contributed by atoms with Gasteiger partial charge in [0.15, 0.2) is 0 Å². The van der Waals surface area contributed by atoms with Crippen LogP contribution >= 0.6 is 0 Å². The van der Waals surface area contributed by atoms with Crippen LogP contribution in [-0.2, 0) is 21.0 Å². The van der Waals surface area contributed by atoms with Crippen molar-refractivity contribution in [3.8, 4) is 0 Å². The number of benzene rings is 1. The van der Waals surface area contributed by atoms with Gasteiger partial charge in [0.2, 0.25) is 11.8 Å². The van der Waals surface area contributed by atoms with Crippen LogP contribution in [-0.4, -0.2) is 90.5 Å². The van der Waals surface area contributed by atoms with Crippen LogP contribution in [0.4, 0.5) is 0 Å². The molecule has 0 aromatic heterocycles. The molecule has 0 N–H and O–H groups in total. The third kappa shape index (κ3) is 6.77. The average Bonchev–Trinajstić information content (AvgIpc) is 3.36. The third-order valence-corrected chi connectivity index (χ3v) is 7.01. The first-order valence-corrected chi connectivity index (χ1v) is 12.4. The van der Waals surface area contributed by atoms with Gasteiger partial charge in [-0.3, -0.25) is 19.3 Å². The summed E-state index contributed by atoms with van der Waals surface area (Å²) >= 11 is 0. The lowest BCUT2D eigenvalue weighted by Crippen LogP contribution is -2.48. The largest absolute Gasteiger partial charge is 0.342 e. The van der Waals surface area contributed by atoms with Crippen molar-refractivity contribution in [1.29, 1.82) is 0 Å². The van der Waals surface area contributed by atoms with Gasteiger partial charge in [0, 0.05) is 71.7 Å². The fourth-order valence-electron chi connectivity index (χ4n) is 5.06. The van der Waals surface area contributed by atoms with Gasteiger partial charge < -0.3 is 9.80 Å². The van der Waals surface area contributed by atoms with Crippen molar-refractivity contribution in [3.05, 3.63) is 35.9 Å². The number of piperidine rings is 1. The second-order valence-corrected chi connectivity index (χ2v) is 9.40. The lowest BCUT2D eigenvalue weighted by Gasteiger charge is -2.36. The molecule has 2 amide bonds. The maximum atomic E-state index is 12.8. The minimum atomic E-state index is 0.228. The van der Waals surface area contributed by atoms with Crippen LogP contribution in [0.25, 0.3) is 0 Å². The number of hydroxylamine groups is 2. The van der Waals surface area contributed by atoms with Crippen LogP contribution in [0.3, 0.4) is 0 Å². The zero-order chi connectivity index (χ0) is 22.2. The summed E-state index contributed by atoms with van der Waals surface area (Å²) in [5.74, 6) is 0.948. The Hall–Kier alpha value is -1.96. The Labute approximate surface area is 192 Å². The van der Waals surface area contributed by atoms with Crippen molar-refractivity contribution in [2.24, 2.45) is 5.92 Å². The summed E-state index contributed by atoms with van der Waals surface area (Å²) in [7, 11) is 0. The van der Waals surface area contributed by atoms with E-state index in [1.165, 1.54) is 5.56 Å². The molecule has 176 valence electrons. The Morgan fingerprint density at radius 1 is 0.875 bits per heavy atom. The van der Waals surface area contributed by atoms with Gasteiger partial charge in [-0.1, -0.05) is 30.3 Å². The van der Waals surface area contributed by atoms with E-state index in [1.807, 2.05) is 20.9 Å². The first-order chi connectivity index (χ1) is 15.7. The van der Waals surface area contributed by atoms with Gasteiger partial charge >= 0.3 is 0 Å². The molecule has 4 rings (SSSR count). The van der Waals surface area contributed by atoms with Crippen LogP contribution in [0.5, 0.6) is 0 Å². The van der Waals surface area contributed by atoms with E-state index in [-0.39, 0.29) is 11.8 Å². The number of piperazine rings is 1. The van der Waals surface area contributed by atoms with Crippen molar-refractivity contribution in [2.75, 3.05) is 59.0 Å². The summed E-state index contributed by atoms with van der Waals surface area (Å²) in [5.41, 5.74) is 1.33. The fraction of sp³-hybridized carbons (Fsp3) is 0.680. The summed E-state index contributed by atoms with van der Waals surface area (Å²) in [4.78, 5) is 37.3. The van der Waals surface area contributed by atoms with Gasteiger partial charge in [-0.2, -0.15) is 5.06 Å². The normalized spacial score (nSPS) is 22.9. The highest BCUT2D eigenvalue weighted by Crippen LogP contribution is 2.22. The van der Waals surface area contributed by atoms with Crippen molar-refractivity contribution in [2.45, 2.75) is 45.1 Å². The smallest absolute Gasteiger partial charge is 0.223 e. The lowest BCUT2D eigenvalue weighted by atomic mass is 9.93. The van der Waals surface area contributed by atoms with E-state index in [0.29, 0.717) is 25.3 Å². The number of likely N-dealkylation sites (tertiary alicyclic amines) is 1. The Morgan fingerprint density at radius 3 is 2.41 bits per heavy atom. The SMILES string of the molecule is O=C(CC[C@H]1CCCN(C(=O)CCN2CCCO2)C1)N1CCN(Cc2ccccc2)CC1. The van der Waals surface area contributed by atoms with Crippen molar-refractivity contribution in [3.63, 3.8) is 0 Å². The van der Waals surface area contributed by atoms with Gasteiger partial charge in [-0.15, -0.1) is 0 Å². The molecule has 0 aliphatic carbocycles. The number of hydrogen-bond donors (Lipinski definition) is 0. The summed E-state index contributed by atoms with van der Waals surface area (Å²) in [6.45, 7) is 8.52. The van der Waals surface area contributed by atoms with E-state index in [0.717, 1.165) is 84.6 Å². The maximum Gasteiger partial charge on any atom is 0.223 e. The molecular formula is C25H38N4O3. The molecule has 32 heavy (non-hydrogen) atoms. The molecule has 3 saturated heterocycles. The van der Waals surface area contributed by atoms with Gasteiger partial charge in [-0.05, 0) is 37.2 Å². The summed E-state index contributed by atoms with van der Waals surface area (Å²) in [6.07, 6.45) is 5.24. The molecule has 0 spiro atoms. The Bertz CT molecular complexity index is 730. The van der Waals surface area contributed by atoms with Crippen molar-refractivity contribution in [1.82, 2.24) is 19.8 Å². The highest BCUT2D eigenvalue weighted by molar-refractivity contribution is 5.77. The third-order valence-electron chi connectivity index (χ3n) is 7.01. The van der Waals surface area contributed by atoms with Crippen LogP contribution in [0.1, 0.15) is 44.1 Å². The van der Waals surface area contributed by atoms with E-state index in [9.17, 15) is 9.59 Å². The zero-order valence-electron chi connectivity index (χ0n) is 19.3. The second-order valence-electron chi connectivity index (χ2n) is 9.40. The van der Waals surface area contributed by atoms with E-state index in [1.54, 1.807) is 0 Å². The first kappa shape index (κ1) is 23.2.